The van der Waals surface area contributed by atoms with Crippen LogP contribution in [0.1, 0.15) is 36.9 Å². The van der Waals surface area contributed by atoms with Gasteiger partial charge in [0.1, 0.15) is 12.4 Å². The third-order valence-electron chi connectivity index (χ3n) is 6.18. The molecule has 0 spiro atoms. The highest BCUT2D eigenvalue weighted by Crippen LogP contribution is 2.61. The molecule has 4 aliphatic rings. The maximum Gasteiger partial charge on any atom is 0.465 e. The maximum atomic E-state index is 13.6. The lowest BCUT2D eigenvalue weighted by atomic mass is 9.48. The van der Waals surface area contributed by atoms with E-state index < -0.39 is 32.9 Å². The van der Waals surface area contributed by atoms with Gasteiger partial charge in [-0.1, -0.05) is 0 Å². The number of nitrogens with zero attached hydrogens (tertiary/aromatic N) is 2. The Balaban J connectivity index is 1.56. The van der Waals surface area contributed by atoms with Gasteiger partial charge in [0.05, 0.1) is 5.41 Å². The first-order valence-corrected chi connectivity index (χ1v) is 10.1. The molecule has 4 saturated carbocycles. The SMILES string of the molecule is O=C(n1ccnc1)C12CC3CC(C1)C(OC(=O)C(F)(F)S(=O)(=O)O)C(C3)C2. The Hall–Kier alpha value is -1.88. The molecular formula is C16H18F2N2O6S. The molecule has 2 atom stereocenters. The van der Waals surface area contributed by atoms with Gasteiger partial charge in [0.2, 0.25) is 5.91 Å². The Kier molecular flexibility index (Phi) is 3.97. The Morgan fingerprint density at radius 1 is 1.22 bits per heavy atom. The molecule has 5 rings (SSSR count). The summed E-state index contributed by atoms with van der Waals surface area (Å²) in [7, 11) is -5.91. The molecule has 0 saturated heterocycles. The molecule has 27 heavy (non-hydrogen) atoms. The number of ether oxygens (including phenoxy) is 1. The summed E-state index contributed by atoms with van der Waals surface area (Å²) in [5.74, 6) is -2.74. The van der Waals surface area contributed by atoms with Crippen LogP contribution in [0.5, 0.6) is 0 Å². The van der Waals surface area contributed by atoms with Crippen molar-refractivity contribution in [3.63, 3.8) is 0 Å². The van der Waals surface area contributed by atoms with Gasteiger partial charge in [0.25, 0.3) is 0 Å². The number of hydrogen-bond donors (Lipinski definition) is 1. The van der Waals surface area contributed by atoms with Crippen molar-refractivity contribution in [2.75, 3.05) is 0 Å². The van der Waals surface area contributed by atoms with E-state index in [0.29, 0.717) is 32.1 Å². The second-order valence-electron chi connectivity index (χ2n) is 7.89. The fourth-order valence-corrected chi connectivity index (χ4v) is 5.64. The van der Waals surface area contributed by atoms with E-state index in [-0.39, 0.29) is 23.7 Å². The number of alkyl halides is 2. The molecule has 8 nitrogen and oxygen atoms in total. The minimum absolute atomic E-state index is 0.104. The fourth-order valence-electron chi connectivity index (χ4n) is 5.38. The number of rotatable bonds is 4. The zero-order valence-corrected chi connectivity index (χ0v) is 14.9. The van der Waals surface area contributed by atoms with Crippen LogP contribution in [-0.2, 0) is 19.6 Å². The van der Waals surface area contributed by atoms with E-state index in [0.717, 1.165) is 0 Å². The molecule has 0 radical (unpaired) electrons. The second kappa shape index (κ2) is 5.81. The van der Waals surface area contributed by atoms with Crippen molar-refractivity contribution in [3.05, 3.63) is 18.7 Å². The first-order chi connectivity index (χ1) is 12.5. The molecule has 0 amide bonds. The van der Waals surface area contributed by atoms with Crippen molar-refractivity contribution in [1.82, 2.24) is 9.55 Å². The van der Waals surface area contributed by atoms with Crippen molar-refractivity contribution >= 4 is 22.0 Å². The van der Waals surface area contributed by atoms with Gasteiger partial charge in [-0.25, -0.2) is 9.78 Å². The summed E-state index contributed by atoms with van der Waals surface area (Å²) in [5.41, 5.74) is -0.647. The van der Waals surface area contributed by atoms with Crippen molar-refractivity contribution in [1.29, 1.82) is 0 Å². The Labute approximate surface area is 153 Å². The highest BCUT2D eigenvalue weighted by molar-refractivity contribution is 7.87. The van der Waals surface area contributed by atoms with E-state index >= 15 is 0 Å². The zero-order chi connectivity index (χ0) is 19.6. The molecule has 4 bridgehead atoms. The predicted octanol–water partition coefficient (Wildman–Crippen LogP) is 1.74. The van der Waals surface area contributed by atoms with Crippen molar-refractivity contribution < 1.29 is 36.1 Å². The molecule has 4 aliphatic carbocycles. The summed E-state index contributed by atoms with van der Waals surface area (Å²) in [4.78, 5) is 28.6. The van der Waals surface area contributed by atoms with Crippen LogP contribution in [0, 0.1) is 23.2 Å². The summed E-state index contributed by atoms with van der Waals surface area (Å²) in [6.45, 7) is 0. The standard InChI is InChI=1S/C16H18F2N2O6S/c17-16(18,27(23,24)25)14(22)26-12-10-3-9-4-11(12)7-15(5-9,6-10)13(21)20-2-1-19-8-20/h1-2,8-12H,3-7H2,(H,23,24,25). The van der Waals surface area contributed by atoms with E-state index in [9.17, 15) is 26.8 Å². The van der Waals surface area contributed by atoms with Gasteiger partial charge in [-0.3, -0.25) is 13.9 Å². The molecule has 148 valence electrons. The topological polar surface area (TPSA) is 116 Å². The number of carbonyl (C=O) groups is 2. The lowest BCUT2D eigenvalue weighted by molar-refractivity contribution is -0.191. The minimum atomic E-state index is -5.91. The van der Waals surface area contributed by atoms with Crippen LogP contribution >= 0.6 is 0 Å². The van der Waals surface area contributed by atoms with Gasteiger partial charge in [-0.15, -0.1) is 0 Å². The monoisotopic (exact) mass is 404 g/mol. The van der Waals surface area contributed by atoms with Gasteiger partial charge in [0.15, 0.2) is 0 Å². The van der Waals surface area contributed by atoms with E-state index in [1.807, 2.05) is 0 Å². The second-order valence-corrected chi connectivity index (χ2v) is 9.35. The Morgan fingerprint density at radius 3 is 2.37 bits per heavy atom. The summed E-state index contributed by atoms with van der Waals surface area (Å²) >= 11 is 0. The molecule has 0 aromatic carbocycles. The molecule has 0 aliphatic heterocycles. The number of esters is 1. The maximum absolute atomic E-state index is 13.6. The molecule has 1 N–H and O–H groups in total. The van der Waals surface area contributed by atoms with Gasteiger partial charge >= 0.3 is 21.3 Å². The van der Waals surface area contributed by atoms with E-state index in [1.54, 1.807) is 6.20 Å². The Bertz CT molecular complexity index is 869. The van der Waals surface area contributed by atoms with Crippen LogP contribution in [0.25, 0.3) is 0 Å². The van der Waals surface area contributed by atoms with Crippen molar-refractivity contribution in [2.24, 2.45) is 23.2 Å². The largest absolute Gasteiger partial charge is 0.465 e. The van der Waals surface area contributed by atoms with Gasteiger partial charge in [-0.05, 0) is 49.9 Å². The quantitative estimate of drug-likeness (QED) is 0.600. The van der Waals surface area contributed by atoms with E-state index in [1.165, 1.54) is 17.1 Å². The van der Waals surface area contributed by atoms with E-state index in [2.05, 4.69) is 4.98 Å². The first kappa shape index (κ1) is 18.5. The minimum Gasteiger partial charge on any atom is -0.456 e. The van der Waals surface area contributed by atoms with Crippen molar-refractivity contribution in [2.45, 2.75) is 43.5 Å². The lowest BCUT2D eigenvalue weighted by Gasteiger charge is -2.58. The lowest BCUT2D eigenvalue weighted by Crippen LogP contribution is -2.58. The van der Waals surface area contributed by atoms with Gasteiger partial charge in [0, 0.05) is 12.4 Å². The number of hydrogen-bond acceptors (Lipinski definition) is 6. The Morgan fingerprint density at radius 2 is 1.85 bits per heavy atom. The number of carbonyl (C=O) groups excluding carboxylic acids is 2. The number of imidazole rings is 1. The fraction of sp³-hybridized carbons (Fsp3) is 0.688. The van der Waals surface area contributed by atoms with Crippen molar-refractivity contribution in [3.8, 4) is 0 Å². The molecule has 1 aromatic rings. The summed E-state index contributed by atoms with van der Waals surface area (Å²) in [6, 6.07) is 0. The average Bonchev–Trinajstić information content (AvgIpc) is 3.09. The smallest absolute Gasteiger partial charge is 0.456 e. The normalized spacial score (nSPS) is 35.2. The molecular weight excluding hydrogens is 386 g/mol. The van der Waals surface area contributed by atoms with Crippen LogP contribution in [0.15, 0.2) is 18.7 Å². The van der Waals surface area contributed by atoms with Crippen LogP contribution in [0.3, 0.4) is 0 Å². The third kappa shape index (κ3) is 2.78. The highest BCUT2D eigenvalue weighted by Gasteiger charge is 2.62. The zero-order valence-electron chi connectivity index (χ0n) is 14.1. The summed E-state index contributed by atoms with van der Waals surface area (Å²) < 4.78 is 63.5. The molecule has 1 aromatic heterocycles. The predicted molar refractivity (Wildman–Crippen MR) is 85.2 cm³/mol. The highest BCUT2D eigenvalue weighted by atomic mass is 32.2. The van der Waals surface area contributed by atoms with Gasteiger partial charge < -0.3 is 4.74 Å². The molecule has 1 heterocycles. The molecule has 11 heteroatoms. The average molecular weight is 404 g/mol. The number of aromatic nitrogens is 2. The van der Waals surface area contributed by atoms with Gasteiger partial charge in [-0.2, -0.15) is 17.2 Å². The molecule has 4 fully saturated rings. The van der Waals surface area contributed by atoms with E-state index in [4.69, 9.17) is 9.29 Å². The number of halogens is 2. The first-order valence-electron chi connectivity index (χ1n) is 8.62. The molecule has 2 unspecified atom stereocenters. The van der Waals surface area contributed by atoms with Crippen LogP contribution in [-0.4, -0.2) is 45.8 Å². The third-order valence-corrected chi connectivity index (χ3v) is 7.00. The summed E-state index contributed by atoms with van der Waals surface area (Å²) in [6.07, 6.45) is 6.31. The van der Waals surface area contributed by atoms with Crippen LogP contribution in [0.4, 0.5) is 8.78 Å². The van der Waals surface area contributed by atoms with Crippen LogP contribution < -0.4 is 0 Å². The summed E-state index contributed by atoms with van der Waals surface area (Å²) in [5, 5.41) is -5.01. The van der Waals surface area contributed by atoms with Crippen LogP contribution in [0.2, 0.25) is 0 Å².